The summed E-state index contributed by atoms with van der Waals surface area (Å²) in [5.41, 5.74) is 13.4. The molecule has 0 amide bonds. The second-order valence-electron chi connectivity index (χ2n) is 15.7. The van der Waals surface area contributed by atoms with Gasteiger partial charge < -0.3 is 0 Å². The van der Waals surface area contributed by atoms with Crippen LogP contribution < -0.4 is 20.7 Å². The van der Waals surface area contributed by atoms with Crippen molar-refractivity contribution in [3.63, 3.8) is 0 Å². The Morgan fingerprint density at radius 1 is 0.278 bits per heavy atom. The molecule has 7 aromatic carbocycles. The fourth-order valence-electron chi connectivity index (χ4n) is 8.76. The lowest BCUT2D eigenvalue weighted by molar-refractivity contribution is 1.07. The Kier molecular flexibility index (Phi) is 7.41. The zero-order valence-corrected chi connectivity index (χ0v) is 32.9. The lowest BCUT2D eigenvalue weighted by Gasteiger charge is -2.20. The van der Waals surface area contributed by atoms with Crippen molar-refractivity contribution in [2.45, 2.75) is 26.2 Å². The molecule has 3 nitrogen and oxygen atoms in total. The highest BCUT2D eigenvalue weighted by Crippen LogP contribution is 2.36. The average molecular weight is 726 g/mol. The van der Waals surface area contributed by atoms with Crippen LogP contribution in [0.2, 0.25) is 26.2 Å². The molecule has 0 N–H and O–H groups in total. The van der Waals surface area contributed by atoms with Crippen LogP contribution in [-0.4, -0.2) is 31.1 Å². The first-order chi connectivity index (χ1) is 26.3. The summed E-state index contributed by atoms with van der Waals surface area (Å²) < 4.78 is 0. The first-order valence-corrected chi connectivity index (χ1v) is 24.8. The molecular formula is C49H39N3Si2. The Morgan fingerprint density at radius 2 is 0.630 bits per heavy atom. The third-order valence-electron chi connectivity index (χ3n) is 11.8. The van der Waals surface area contributed by atoms with Crippen LogP contribution in [0.1, 0.15) is 0 Å². The summed E-state index contributed by atoms with van der Waals surface area (Å²) in [4.78, 5) is 15.6. The van der Waals surface area contributed by atoms with Gasteiger partial charge in [0.1, 0.15) is 16.1 Å². The molecule has 1 aromatic heterocycles. The molecule has 258 valence electrons. The molecule has 0 aliphatic carbocycles. The molecule has 8 aromatic rings. The fourth-order valence-corrected chi connectivity index (χ4v) is 14.9. The monoisotopic (exact) mass is 725 g/mol. The molecule has 3 heterocycles. The van der Waals surface area contributed by atoms with Crippen molar-refractivity contribution in [1.29, 1.82) is 0 Å². The summed E-state index contributed by atoms with van der Waals surface area (Å²) in [6.45, 7) is 9.87. The Labute approximate surface area is 319 Å². The normalized spacial score (nSPS) is 14.2. The highest BCUT2D eigenvalue weighted by Gasteiger charge is 2.39. The Morgan fingerprint density at radius 3 is 1.04 bits per heavy atom. The van der Waals surface area contributed by atoms with Gasteiger partial charge in [0.2, 0.25) is 0 Å². The molecule has 0 unspecified atom stereocenters. The van der Waals surface area contributed by atoms with Gasteiger partial charge in [0, 0.05) is 16.7 Å². The van der Waals surface area contributed by atoms with Gasteiger partial charge in [-0.3, -0.25) is 0 Å². The maximum absolute atomic E-state index is 5.26. The van der Waals surface area contributed by atoms with Crippen molar-refractivity contribution < 1.29 is 0 Å². The van der Waals surface area contributed by atoms with Crippen LogP contribution in [0.25, 0.3) is 78.7 Å². The van der Waals surface area contributed by atoms with Gasteiger partial charge in [0.05, 0.1) is 0 Å². The summed E-state index contributed by atoms with van der Waals surface area (Å²) in [7, 11) is -3.95. The summed E-state index contributed by atoms with van der Waals surface area (Å²) in [5, 5.41) is 5.83. The van der Waals surface area contributed by atoms with Crippen molar-refractivity contribution in [2.75, 3.05) is 0 Å². The quantitative estimate of drug-likeness (QED) is 0.166. The lowest BCUT2D eigenvalue weighted by atomic mass is 9.98. The van der Waals surface area contributed by atoms with Crippen molar-refractivity contribution in [2.24, 2.45) is 0 Å². The van der Waals surface area contributed by atoms with Crippen LogP contribution in [0.15, 0.2) is 164 Å². The second-order valence-corrected chi connectivity index (χ2v) is 24.4. The van der Waals surface area contributed by atoms with Gasteiger partial charge in [-0.2, -0.15) is 0 Å². The van der Waals surface area contributed by atoms with Gasteiger partial charge >= 0.3 is 0 Å². The molecule has 5 heteroatoms. The van der Waals surface area contributed by atoms with E-state index in [0.29, 0.717) is 17.5 Å². The lowest BCUT2D eigenvalue weighted by Crippen LogP contribution is -2.49. The van der Waals surface area contributed by atoms with E-state index >= 15 is 0 Å². The number of rotatable bonds is 5. The van der Waals surface area contributed by atoms with Gasteiger partial charge in [-0.15, -0.1) is 0 Å². The van der Waals surface area contributed by atoms with Crippen LogP contribution >= 0.6 is 0 Å². The van der Waals surface area contributed by atoms with Crippen LogP contribution in [-0.2, 0) is 0 Å². The van der Waals surface area contributed by atoms with E-state index in [0.717, 1.165) is 16.7 Å². The molecule has 10 rings (SSSR count). The molecule has 0 spiro atoms. The fraction of sp³-hybridized carbons (Fsp3) is 0.0816. The highest BCUT2D eigenvalue weighted by atomic mass is 28.3. The maximum atomic E-state index is 5.26. The van der Waals surface area contributed by atoms with Crippen molar-refractivity contribution >= 4 is 36.9 Å². The summed E-state index contributed by atoms with van der Waals surface area (Å²) >= 11 is 0. The van der Waals surface area contributed by atoms with Crippen LogP contribution in [0.5, 0.6) is 0 Å². The highest BCUT2D eigenvalue weighted by molar-refractivity contribution is 7.04. The Hall–Kier alpha value is -6.02. The minimum Gasteiger partial charge on any atom is -0.208 e. The van der Waals surface area contributed by atoms with Gasteiger partial charge in [-0.25, -0.2) is 15.0 Å². The minimum absolute atomic E-state index is 0.691. The molecular weight excluding hydrogens is 687 g/mol. The molecule has 0 saturated heterocycles. The number of nitrogens with zero attached hydrogens (tertiary/aromatic N) is 3. The van der Waals surface area contributed by atoms with Crippen LogP contribution in [0.3, 0.4) is 0 Å². The topological polar surface area (TPSA) is 38.7 Å². The smallest absolute Gasteiger partial charge is 0.164 e. The molecule has 0 radical (unpaired) electrons. The Bertz CT molecular complexity index is 2590. The van der Waals surface area contributed by atoms with Crippen molar-refractivity contribution in [1.82, 2.24) is 15.0 Å². The summed E-state index contributed by atoms with van der Waals surface area (Å²) in [6.07, 6.45) is 0. The van der Waals surface area contributed by atoms with Gasteiger partial charge in [-0.1, -0.05) is 178 Å². The van der Waals surface area contributed by atoms with Gasteiger partial charge in [0.15, 0.2) is 17.5 Å². The third kappa shape index (κ3) is 5.18. The van der Waals surface area contributed by atoms with Crippen molar-refractivity contribution in [3.8, 4) is 78.7 Å². The van der Waals surface area contributed by atoms with E-state index in [2.05, 4.69) is 172 Å². The third-order valence-corrected chi connectivity index (χ3v) is 18.8. The van der Waals surface area contributed by atoms with Crippen LogP contribution in [0.4, 0.5) is 0 Å². The molecule has 54 heavy (non-hydrogen) atoms. The molecule has 0 bridgehead atoms. The Balaban J connectivity index is 1.08. The zero-order valence-electron chi connectivity index (χ0n) is 30.9. The number of aromatic nitrogens is 3. The summed E-state index contributed by atoms with van der Waals surface area (Å²) in [6, 6.07) is 59.5. The predicted molar refractivity (Wildman–Crippen MR) is 231 cm³/mol. The minimum atomic E-state index is -1.98. The van der Waals surface area contributed by atoms with E-state index in [-0.39, 0.29) is 0 Å². The molecule has 0 atom stereocenters. The number of hydrogen-bond donors (Lipinski definition) is 0. The van der Waals surface area contributed by atoms with E-state index in [1.54, 1.807) is 0 Å². The van der Waals surface area contributed by atoms with Crippen LogP contribution in [0, 0.1) is 0 Å². The maximum Gasteiger partial charge on any atom is 0.164 e. The molecule has 2 aliphatic heterocycles. The summed E-state index contributed by atoms with van der Waals surface area (Å²) in [5.74, 6) is 2.11. The largest absolute Gasteiger partial charge is 0.208 e. The molecule has 0 fully saturated rings. The number of fused-ring (bicyclic) bond motifs is 6. The second kappa shape index (κ2) is 12.3. The van der Waals surface area contributed by atoms with E-state index in [4.69, 9.17) is 15.0 Å². The number of hydrogen-bond acceptors (Lipinski definition) is 3. The van der Waals surface area contributed by atoms with Crippen molar-refractivity contribution in [3.05, 3.63) is 164 Å². The van der Waals surface area contributed by atoms with E-state index in [1.165, 1.54) is 65.3 Å². The predicted octanol–water partition coefficient (Wildman–Crippen LogP) is 9.81. The molecule has 2 aliphatic rings. The van der Waals surface area contributed by atoms with Gasteiger partial charge in [0.25, 0.3) is 0 Å². The number of benzene rings is 7. The average Bonchev–Trinajstić information content (AvgIpc) is 3.59. The SMILES string of the molecule is C[Si]1(C)c2ccc(-c3ccccc3)cc2-c2ccc(-c3nc(-c4ccccc4)nc(-c4ccc5c(c4)[Si](C)(C)c4ccc(-c6ccccc6)cc4-5)n3)cc21. The zero-order chi connectivity index (χ0) is 36.6. The van der Waals surface area contributed by atoms with Gasteiger partial charge in [-0.05, 0) is 77.4 Å². The van der Waals surface area contributed by atoms with E-state index in [9.17, 15) is 0 Å². The first kappa shape index (κ1) is 32.6. The molecule has 0 saturated carbocycles. The first-order valence-electron chi connectivity index (χ1n) is 18.8. The standard InChI is InChI=1S/C49H39N3Si2/c1-53(2)43-26-22-35(32-14-8-5-9-15-32)28-41(43)39-24-20-37(30-45(39)53)48-50-47(34-18-12-7-13-19-34)51-49(52-48)38-21-25-40-42-29-36(33-16-10-6-11-17-33)23-27-44(42)54(3,4)46(40)31-38/h5-31H,1-4H3. The van der Waals surface area contributed by atoms with E-state index < -0.39 is 16.1 Å². The van der Waals surface area contributed by atoms with E-state index in [1.807, 2.05) is 18.2 Å².